The van der Waals surface area contributed by atoms with Gasteiger partial charge < -0.3 is 19.7 Å². The predicted molar refractivity (Wildman–Crippen MR) is 148 cm³/mol. The maximum Gasteiger partial charge on any atom is 0.254 e. The van der Waals surface area contributed by atoms with Gasteiger partial charge in [0.2, 0.25) is 5.91 Å². The Morgan fingerprint density at radius 3 is 2.54 bits per heavy atom. The summed E-state index contributed by atoms with van der Waals surface area (Å²) in [6.07, 6.45) is 0. The minimum atomic E-state index is -0.734. The van der Waals surface area contributed by atoms with Gasteiger partial charge in [0.05, 0.1) is 42.5 Å². The predicted octanol–water partition coefficient (Wildman–Crippen LogP) is 5.13. The van der Waals surface area contributed by atoms with E-state index in [0.717, 1.165) is 24.7 Å². The van der Waals surface area contributed by atoms with Gasteiger partial charge in [0.15, 0.2) is 0 Å². The highest BCUT2D eigenvalue weighted by Gasteiger charge is 2.44. The van der Waals surface area contributed by atoms with E-state index >= 15 is 0 Å². The number of amides is 2. The molecule has 204 valence electrons. The number of ether oxygens (including phenoxy) is 2. The van der Waals surface area contributed by atoms with Crippen LogP contribution in [-0.2, 0) is 9.53 Å². The Balaban J connectivity index is 1.55. The molecular weight excluding hydrogens is 521 g/mol. The fraction of sp³-hybridized carbons (Fsp3) is 0.333. The van der Waals surface area contributed by atoms with Crippen LogP contribution in [0.3, 0.4) is 0 Å². The van der Waals surface area contributed by atoms with Gasteiger partial charge in [0.1, 0.15) is 11.6 Å². The number of rotatable bonds is 8. The Morgan fingerprint density at radius 1 is 1.08 bits per heavy atom. The largest absolute Gasteiger partial charge is 0.494 e. The quantitative estimate of drug-likeness (QED) is 0.420. The molecule has 2 atom stereocenters. The van der Waals surface area contributed by atoms with Crippen LogP contribution in [0.2, 0.25) is 5.02 Å². The maximum atomic E-state index is 14.0. The summed E-state index contributed by atoms with van der Waals surface area (Å²) in [7, 11) is 0. The van der Waals surface area contributed by atoms with Gasteiger partial charge in [0.25, 0.3) is 5.91 Å². The summed E-state index contributed by atoms with van der Waals surface area (Å²) in [5.41, 5.74) is 2.25. The van der Waals surface area contributed by atoms with Crippen LogP contribution in [0.15, 0.2) is 66.7 Å². The van der Waals surface area contributed by atoms with E-state index in [1.54, 1.807) is 17.0 Å². The Morgan fingerprint density at radius 2 is 1.82 bits per heavy atom. The zero-order valence-electron chi connectivity index (χ0n) is 21.7. The molecule has 0 aromatic heterocycles. The molecule has 3 aromatic carbocycles. The number of fused-ring (bicyclic) bond motifs is 1. The van der Waals surface area contributed by atoms with E-state index in [2.05, 4.69) is 10.2 Å². The zero-order chi connectivity index (χ0) is 27.4. The molecule has 2 unspecified atom stereocenters. The first-order valence-corrected chi connectivity index (χ1v) is 13.5. The molecule has 5 rings (SSSR count). The summed E-state index contributed by atoms with van der Waals surface area (Å²) in [5.74, 6) is -0.973. The molecule has 2 amide bonds. The monoisotopic (exact) mass is 551 g/mol. The summed E-state index contributed by atoms with van der Waals surface area (Å²) in [6, 6.07) is 18.0. The van der Waals surface area contributed by atoms with E-state index in [1.807, 2.05) is 43.3 Å². The number of carbonyl (C=O) groups excluding carboxylic acids is 2. The van der Waals surface area contributed by atoms with Crippen molar-refractivity contribution in [1.82, 2.24) is 9.80 Å². The summed E-state index contributed by atoms with van der Waals surface area (Å²) >= 11 is 6.25. The Hall–Kier alpha value is -3.46. The number of anilines is 1. The highest BCUT2D eigenvalue weighted by Crippen LogP contribution is 2.44. The van der Waals surface area contributed by atoms with E-state index in [1.165, 1.54) is 12.1 Å². The van der Waals surface area contributed by atoms with Crippen LogP contribution < -0.4 is 10.1 Å². The van der Waals surface area contributed by atoms with Gasteiger partial charge in [-0.2, -0.15) is 0 Å². The van der Waals surface area contributed by atoms with Crippen LogP contribution >= 0.6 is 11.6 Å². The lowest BCUT2D eigenvalue weighted by Gasteiger charge is -2.43. The SMILES string of the molecule is CCOc1ccc(C2C(C(=O)Nc3ccc(F)cc3Cl)c3ccccc3C(=O)N2CCN2CCOCC2)cc1. The minimum absolute atomic E-state index is 0.102. The molecule has 1 saturated heterocycles. The lowest BCUT2D eigenvalue weighted by atomic mass is 9.79. The van der Waals surface area contributed by atoms with Gasteiger partial charge in [-0.3, -0.25) is 14.5 Å². The maximum absolute atomic E-state index is 14.0. The summed E-state index contributed by atoms with van der Waals surface area (Å²) < 4.78 is 24.8. The van der Waals surface area contributed by atoms with Crippen LogP contribution in [0.5, 0.6) is 5.75 Å². The number of carbonyl (C=O) groups is 2. The lowest BCUT2D eigenvalue weighted by Crippen LogP contribution is -2.49. The Bertz CT molecular complexity index is 1330. The molecule has 2 aliphatic heterocycles. The molecule has 1 fully saturated rings. The molecule has 2 heterocycles. The number of nitrogens with one attached hydrogen (secondary N) is 1. The number of hydrogen-bond donors (Lipinski definition) is 1. The normalized spacial score (nSPS) is 19.5. The first kappa shape index (κ1) is 27.1. The third-order valence-corrected chi connectivity index (χ3v) is 7.52. The average molecular weight is 552 g/mol. The molecule has 0 aliphatic carbocycles. The van der Waals surface area contributed by atoms with Gasteiger partial charge in [-0.05, 0) is 54.4 Å². The smallest absolute Gasteiger partial charge is 0.254 e. The molecule has 0 spiro atoms. The van der Waals surface area contributed by atoms with E-state index in [-0.39, 0.29) is 16.8 Å². The van der Waals surface area contributed by atoms with Crippen LogP contribution in [0, 0.1) is 5.82 Å². The average Bonchev–Trinajstić information content (AvgIpc) is 2.95. The Kier molecular flexibility index (Phi) is 8.45. The Labute approximate surface area is 232 Å². The third kappa shape index (κ3) is 5.93. The number of benzene rings is 3. The highest BCUT2D eigenvalue weighted by molar-refractivity contribution is 6.33. The van der Waals surface area contributed by atoms with Crippen LogP contribution in [-0.4, -0.2) is 67.6 Å². The second kappa shape index (κ2) is 12.2. The fourth-order valence-electron chi connectivity index (χ4n) is 5.29. The van der Waals surface area contributed by atoms with E-state index in [0.29, 0.717) is 55.5 Å². The first-order valence-electron chi connectivity index (χ1n) is 13.1. The zero-order valence-corrected chi connectivity index (χ0v) is 22.5. The molecule has 39 heavy (non-hydrogen) atoms. The molecule has 0 saturated carbocycles. The van der Waals surface area contributed by atoms with Crippen LogP contribution in [0.25, 0.3) is 0 Å². The van der Waals surface area contributed by atoms with E-state index < -0.39 is 17.8 Å². The molecule has 7 nitrogen and oxygen atoms in total. The minimum Gasteiger partial charge on any atom is -0.494 e. The van der Waals surface area contributed by atoms with Gasteiger partial charge in [-0.25, -0.2) is 4.39 Å². The van der Waals surface area contributed by atoms with Crippen molar-refractivity contribution in [2.75, 3.05) is 51.3 Å². The summed E-state index contributed by atoms with van der Waals surface area (Å²) in [4.78, 5) is 32.0. The van der Waals surface area contributed by atoms with Crippen molar-refractivity contribution in [3.8, 4) is 5.75 Å². The van der Waals surface area contributed by atoms with Gasteiger partial charge >= 0.3 is 0 Å². The van der Waals surface area contributed by atoms with Crippen molar-refractivity contribution in [2.45, 2.75) is 18.9 Å². The van der Waals surface area contributed by atoms with Crippen molar-refractivity contribution in [3.63, 3.8) is 0 Å². The van der Waals surface area contributed by atoms with Crippen molar-refractivity contribution in [3.05, 3.63) is 94.3 Å². The van der Waals surface area contributed by atoms with E-state index in [4.69, 9.17) is 21.1 Å². The number of halogens is 2. The van der Waals surface area contributed by atoms with Gasteiger partial charge in [-0.1, -0.05) is 41.9 Å². The lowest BCUT2D eigenvalue weighted by molar-refractivity contribution is -0.119. The van der Waals surface area contributed by atoms with Crippen LogP contribution in [0.4, 0.5) is 10.1 Å². The molecule has 1 N–H and O–H groups in total. The van der Waals surface area contributed by atoms with Crippen molar-refractivity contribution in [2.24, 2.45) is 0 Å². The highest BCUT2D eigenvalue weighted by atomic mass is 35.5. The summed E-state index contributed by atoms with van der Waals surface area (Å²) in [5, 5.41) is 3.00. The number of morpholine rings is 1. The molecule has 3 aromatic rings. The fourth-order valence-corrected chi connectivity index (χ4v) is 5.51. The topological polar surface area (TPSA) is 71.1 Å². The second-order valence-electron chi connectivity index (χ2n) is 9.58. The molecule has 2 aliphatic rings. The number of hydrogen-bond acceptors (Lipinski definition) is 5. The van der Waals surface area contributed by atoms with Gasteiger partial charge in [-0.15, -0.1) is 0 Å². The van der Waals surface area contributed by atoms with E-state index in [9.17, 15) is 14.0 Å². The molecule has 9 heteroatoms. The number of nitrogens with zero attached hydrogens (tertiary/aromatic N) is 2. The molecule has 0 radical (unpaired) electrons. The standard InChI is InChI=1S/C30H31ClFN3O4/c1-2-39-22-10-7-20(8-11-22)28-27(29(36)33-26-12-9-21(32)19-25(26)31)23-5-3-4-6-24(23)30(37)35(28)14-13-34-15-17-38-18-16-34/h3-12,19,27-28H,2,13-18H2,1H3,(H,33,36). The molecule has 0 bridgehead atoms. The van der Waals surface area contributed by atoms with Crippen molar-refractivity contribution >= 4 is 29.1 Å². The molecular formula is C30H31ClFN3O4. The second-order valence-corrected chi connectivity index (χ2v) is 9.98. The first-order chi connectivity index (χ1) is 19.0. The summed E-state index contributed by atoms with van der Waals surface area (Å²) in [6.45, 7) is 6.43. The van der Waals surface area contributed by atoms with Gasteiger partial charge in [0, 0.05) is 31.7 Å². The third-order valence-electron chi connectivity index (χ3n) is 7.20. The van der Waals surface area contributed by atoms with Crippen molar-refractivity contribution < 1.29 is 23.5 Å². The van der Waals surface area contributed by atoms with Crippen molar-refractivity contribution in [1.29, 1.82) is 0 Å². The van der Waals surface area contributed by atoms with Crippen LogP contribution in [0.1, 0.15) is 40.4 Å².